The van der Waals surface area contributed by atoms with Crippen molar-refractivity contribution in [1.82, 2.24) is 10.2 Å². The van der Waals surface area contributed by atoms with E-state index >= 15 is 0 Å². The van der Waals surface area contributed by atoms with Crippen LogP contribution < -0.4 is 5.32 Å². The molecule has 1 aromatic heterocycles. The predicted octanol–water partition coefficient (Wildman–Crippen LogP) is 3.32. The van der Waals surface area contributed by atoms with Crippen LogP contribution in [0, 0.1) is 0 Å². The Morgan fingerprint density at radius 1 is 1.00 bits per heavy atom. The summed E-state index contributed by atoms with van der Waals surface area (Å²) in [4.78, 5) is 36.1. The highest BCUT2D eigenvalue weighted by Gasteiger charge is 2.17. The van der Waals surface area contributed by atoms with Crippen LogP contribution >= 0.6 is 0 Å². The van der Waals surface area contributed by atoms with Gasteiger partial charge >= 0.3 is 11.9 Å². The summed E-state index contributed by atoms with van der Waals surface area (Å²) in [5, 5.41) is 9.90. The molecule has 2 N–H and O–H groups in total. The number of aromatic nitrogens is 2. The number of fused-ring (bicyclic) bond motifs is 1. The topological polar surface area (TPSA) is 110 Å². The number of aromatic amines is 1. The number of nitrogens with one attached hydrogen (secondary N) is 2. The van der Waals surface area contributed by atoms with Crippen molar-refractivity contribution in [2.24, 2.45) is 0 Å². The first kappa shape index (κ1) is 20.1. The molecule has 3 rings (SSSR count). The SMILES string of the molecule is CCCCOC(=O)c1ccc(NC(=O)COC(=O)c2n[nH]c3ccccc23)cc1. The number of hydrogen-bond donors (Lipinski definition) is 2. The molecule has 0 unspecified atom stereocenters. The number of esters is 2. The molecule has 8 nitrogen and oxygen atoms in total. The first-order chi connectivity index (χ1) is 14.1. The minimum Gasteiger partial charge on any atom is -0.462 e. The van der Waals surface area contributed by atoms with Crippen LogP contribution in [0.3, 0.4) is 0 Å². The fourth-order valence-electron chi connectivity index (χ4n) is 2.60. The Balaban J connectivity index is 1.50. The summed E-state index contributed by atoms with van der Waals surface area (Å²) >= 11 is 0. The molecule has 1 heterocycles. The van der Waals surface area contributed by atoms with Crippen molar-refractivity contribution in [2.45, 2.75) is 19.8 Å². The molecule has 29 heavy (non-hydrogen) atoms. The van der Waals surface area contributed by atoms with Crippen molar-refractivity contribution in [3.8, 4) is 0 Å². The maximum absolute atomic E-state index is 12.2. The van der Waals surface area contributed by atoms with Gasteiger partial charge in [-0.05, 0) is 36.8 Å². The van der Waals surface area contributed by atoms with Crippen molar-refractivity contribution >= 4 is 34.4 Å². The van der Waals surface area contributed by atoms with Gasteiger partial charge in [0.25, 0.3) is 5.91 Å². The highest BCUT2D eigenvalue weighted by Crippen LogP contribution is 2.16. The zero-order valence-electron chi connectivity index (χ0n) is 15.9. The fraction of sp³-hybridized carbons (Fsp3) is 0.238. The molecule has 3 aromatic rings. The molecule has 0 saturated heterocycles. The van der Waals surface area contributed by atoms with Crippen molar-refractivity contribution in [1.29, 1.82) is 0 Å². The second-order valence-electron chi connectivity index (χ2n) is 6.31. The highest BCUT2D eigenvalue weighted by molar-refractivity contribution is 6.03. The van der Waals surface area contributed by atoms with Crippen molar-refractivity contribution in [3.05, 3.63) is 59.8 Å². The number of benzene rings is 2. The number of ether oxygens (including phenoxy) is 2. The summed E-state index contributed by atoms with van der Waals surface area (Å²) in [6, 6.07) is 13.4. The van der Waals surface area contributed by atoms with Gasteiger partial charge in [0, 0.05) is 11.1 Å². The summed E-state index contributed by atoms with van der Waals surface area (Å²) in [7, 11) is 0. The second-order valence-corrected chi connectivity index (χ2v) is 6.31. The standard InChI is InChI=1S/C21H21N3O5/c1-2-3-12-28-20(26)14-8-10-15(11-9-14)22-18(25)13-29-21(27)19-16-6-4-5-7-17(16)23-24-19/h4-11H,2-3,12-13H2,1H3,(H,22,25)(H,23,24). The van der Waals surface area contributed by atoms with E-state index in [0.717, 1.165) is 12.8 Å². The molecule has 0 atom stereocenters. The van der Waals surface area contributed by atoms with E-state index < -0.39 is 24.5 Å². The van der Waals surface area contributed by atoms with Crippen LogP contribution in [0.4, 0.5) is 5.69 Å². The molecule has 0 saturated carbocycles. The lowest BCUT2D eigenvalue weighted by Crippen LogP contribution is -2.21. The number of anilines is 1. The van der Waals surface area contributed by atoms with Crippen LogP contribution in [-0.2, 0) is 14.3 Å². The summed E-state index contributed by atoms with van der Waals surface area (Å²) in [6.07, 6.45) is 1.76. The summed E-state index contributed by atoms with van der Waals surface area (Å²) in [5.41, 5.74) is 1.70. The zero-order chi connectivity index (χ0) is 20.6. The molecular weight excluding hydrogens is 374 g/mol. The molecular formula is C21H21N3O5. The Labute approximate surface area is 167 Å². The van der Waals surface area contributed by atoms with Crippen LogP contribution in [0.5, 0.6) is 0 Å². The molecule has 8 heteroatoms. The van der Waals surface area contributed by atoms with E-state index in [2.05, 4.69) is 15.5 Å². The maximum atomic E-state index is 12.2. The summed E-state index contributed by atoms with van der Waals surface area (Å²) in [5.74, 6) is -1.60. The van der Waals surface area contributed by atoms with E-state index in [0.29, 0.717) is 28.8 Å². The Morgan fingerprint density at radius 2 is 1.76 bits per heavy atom. The predicted molar refractivity (Wildman–Crippen MR) is 107 cm³/mol. The maximum Gasteiger partial charge on any atom is 0.359 e. The summed E-state index contributed by atoms with van der Waals surface area (Å²) < 4.78 is 10.2. The van der Waals surface area contributed by atoms with E-state index in [1.807, 2.05) is 13.0 Å². The highest BCUT2D eigenvalue weighted by atomic mass is 16.5. The Bertz CT molecular complexity index is 1010. The monoisotopic (exact) mass is 395 g/mol. The number of H-pyrrole nitrogens is 1. The number of para-hydroxylation sites is 1. The van der Waals surface area contributed by atoms with Crippen LogP contribution in [0.1, 0.15) is 40.6 Å². The minimum absolute atomic E-state index is 0.124. The van der Waals surface area contributed by atoms with E-state index in [1.54, 1.807) is 42.5 Å². The number of hydrogen-bond acceptors (Lipinski definition) is 6. The van der Waals surface area contributed by atoms with Gasteiger partial charge in [0.2, 0.25) is 0 Å². The molecule has 0 aliphatic rings. The van der Waals surface area contributed by atoms with E-state index in [9.17, 15) is 14.4 Å². The van der Waals surface area contributed by atoms with Crippen LogP contribution in [0.25, 0.3) is 10.9 Å². The minimum atomic E-state index is -0.692. The number of nitrogens with zero attached hydrogens (tertiary/aromatic N) is 1. The smallest absolute Gasteiger partial charge is 0.359 e. The average molecular weight is 395 g/mol. The van der Waals surface area contributed by atoms with Crippen LogP contribution in [-0.4, -0.2) is 41.3 Å². The van der Waals surface area contributed by atoms with Crippen molar-refractivity contribution in [3.63, 3.8) is 0 Å². The number of carbonyl (C=O) groups is 3. The summed E-state index contributed by atoms with van der Waals surface area (Å²) in [6.45, 7) is 1.94. The number of amides is 1. The van der Waals surface area contributed by atoms with E-state index in [1.165, 1.54) is 0 Å². The Hall–Kier alpha value is -3.68. The van der Waals surface area contributed by atoms with Crippen LogP contribution in [0.15, 0.2) is 48.5 Å². The molecule has 0 fully saturated rings. The van der Waals surface area contributed by atoms with Crippen LogP contribution in [0.2, 0.25) is 0 Å². The Morgan fingerprint density at radius 3 is 2.52 bits per heavy atom. The van der Waals surface area contributed by atoms with Gasteiger partial charge in [-0.25, -0.2) is 9.59 Å². The normalized spacial score (nSPS) is 10.5. The van der Waals surface area contributed by atoms with Gasteiger partial charge in [0.15, 0.2) is 12.3 Å². The van der Waals surface area contributed by atoms with Gasteiger partial charge in [-0.3, -0.25) is 9.89 Å². The van der Waals surface area contributed by atoms with E-state index in [-0.39, 0.29) is 5.69 Å². The van der Waals surface area contributed by atoms with Gasteiger partial charge in [-0.2, -0.15) is 5.10 Å². The molecule has 0 aliphatic carbocycles. The lowest BCUT2D eigenvalue weighted by Gasteiger charge is -2.07. The fourth-order valence-corrected chi connectivity index (χ4v) is 2.60. The third kappa shape index (κ3) is 5.19. The van der Waals surface area contributed by atoms with Gasteiger partial charge in [-0.1, -0.05) is 31.5 Å². The first-order valence-corrected chi connectivity index (χ1v) is 9.25. The van der Waals surface area contributed by atoms with Gasteiger partial charge < -0.3 is 14.8 Å². The first-order valence-electron chi connectivity index (χ1n) is 9.25. The lowest BCUT2D eigenvalue weighted by atomic mass is 10.2. The van der Waals surface area contributed by atoms with E-state index in [4.69, 9.17) is 9.47 Å². The Kier molecular flexibility index (Phi) is 6.57. The average Bonchev–Trinajstić information content (AvgIpc) is 3.17. The molecule has 0 aliphatic heterocycles. The third-order valence-electron chi connectivity index (χ3n) is 4.13. The molecule has 2 aromatic carbocycles. The number of unbranched alkanes of at least 4 members (excludes halogenated alkanes) is 1. The van der Waals surface area contributed by atoms with Gasteiger partial charge in [0.05, 0.1) is 17.7 Å². The lowest BCUT2D eigenvalue weighted by molar-refractivity contribution is -0.119. The second kappa shape index (κ2) is 9.50. The molecule has 150 valence electrons. The molecule has 0 spiro atoms. The third-order valence-corrected chi connectivity index (χ3v) is 4.13. The van der Waals surface area contributed by atoms with Gasteiger partial charge in [-0.15, -0.1) is 0 Å². The zero-order valence-corrected chi connectivity index (χ0v) is 15.9. The van der Waals surface area contributed by atoms with Crippen molar-refractivity contribution in [2.75, 3.05) is 18.5 Å². The number of rotatable bonds is 8. The number of carbonyl (C=O) groups excluding carboxylic acids is 3. The van der Waals surface area contributed by atoms with Gasteiger partial charge in [0.1, 0.15) is 0 Å². The quantitative estimate of drug-likeness (QED) is 0.447. The van der Waals surface area contributed by atoms with Crippen molar-refractivity contribution < 1.29 is 23.9 Å². The largest absolute Gasteiger partial charge is 0.462 e. The molecule has 0 bridgehead atoms. The molecule has 1 amide bonds. The molecule has 0 radical (unpaired) electrons.